The van der Waals surface area contributed by atoms with Crippen molar-refractivity contribution >= 4 is 11.6 Å². The minimum absolute atomic E-state index is 0.255. The molecule has 0 aliphatic carbocycles. The summed E-state index contributed by atoms with van der Waals surface area (Å²) < 4.78 is 7.71. The van der Waals surface area contributed by atoms with Gasteiger partial charge in [-0.3, -0.25) is 4.79 Å². The lowest BCUT2D eigenvalue weighted by molar-refractivity contribution is 0.102. The van der Waals surface area contributed by atoms with Gasteiger partial charge in [0.2, 0.25) is 0 Å². The summed E-state index contributed by atoms with van der Waals surface area (Å²) in [5, 5.41) is 14.6. The number of rotatable bonds is 5. The van der Waals surface area contributed by atoms with Gasteiger partial charge in [-0.05, 0) is 76.2 Å². The van der Waals surface area contributed by atoms with Crippen LogP contribution in [0.25, 0.3) is 0 Å². The molecule has 1 saturated heterocycles. The van der Waals surface area contributed by atoms with Crippen molar-refractivity contribution in [1.82, 2.24) is 20.3 Å². The first-order valence-electron chi connectivity index (χ1n) is 9.88. The van der Waals surface area contributed by atoms with E-state index in [1.165, 1.54) is 5.56 Å². The topological polar surface area (TPSA) is 81.1 Å². The third-order valence-electron chi connectivity index (χ3n) is 5.17. The third-order valence-corrected chi connectivity index (χ3v) is 5.17. The molecule has 2 aromatic carbocycles. The summed E-state index contributed by atoms with van der Waals surface area (Å²) in [5.74, 6) is 1.23. The van der Waals surface area contributed by atoms with E-state index in [1.807, 2.05) is 67.1 Å². The summed E-state index contributed by atoms with van der Waals surface area (Å²) in [4.78, 5) is 12.7. The molecular formula is C22H25N5O2. The van der Waals surface area contributed by atoms with Crippen LogP contribution in [0.2, 0.25) is 0 Å². The predicted octanol–water partition coefficient (Wildman–Crippen LogP) is 3.86. The largest absolute Gasteiger partial charge is 0.457 e. The molecule has 7 nitrogen and oxygen atoms in total. The molecule has 0 spiro atoms. The molecule has 0 radical (unpaired) electrons. The second kappa shape index (κ2) is 8.45. The van der Waals surface area contributed by atoms with Crippen LogP contribution in [-0.4, -0.2) is 34.0 Å². The van der Waals surface area contributed by atoms with Gasteiger partial charge in [0.15, 0.2) is 5.69 Å². The third kappa shape index (κ3) is 4.46. The maximum absolute atomic E-state index is 12.7. The summed E-state index contributed by atoms with van der Waals surface area (Å²) in [6.07, 6.45) is 1.99. The van der Waals surface area contributed by atoms with Gasteiger partial charge in [-0.25, -0.2) is 4.68 Å². The number of nitrogens with zero attached hydrogens (tertiary/aromatic N) is 3. The van der Waals surface area contributed by atoms with Gasteiger partial charge >= 0.3 is 0 Å². The van der Waals surface area contributed by atoms with E-state index in [-0.39, 0.29) is 5.91 Å². The van der Waals surface area contributed by atoms with Gasteiger partial charge in [0, 0.05) is 5.69 Å². The van der Waals surface area contributed by atoms with Gasteiger partial charge < -0.3 is 15.4 Å². The second-order valence-electron chi connectivity index (χ2n) is 7.34. The molecule has 1 fully saturated rings. The maximum Gasteiger partial charge on any atom is 0.278 e. The predicted molar refractivity (Wildman–Crippen MR) is 112 cm³/mol. The van der Waals surface area contributed by atoms with Crippen molar-refractivity contribution in [3.63, 3.8) is 0 Å². The summed E-state index contributed by atoms with van der Waals surface area (Å²) in [5.41, 5.74) is 3.03. The highest BCUT2D eigenvalue weighted by Crippen LogP contribution is 2.24. The van der Waals surface area contributed by atoms with Gasteiger partial charge in [-0.2, -0.15) is 0 Å². The number of aromatic nitrogens is 3. The molecule has 0 atom stereocenters. The molecule has 150 valence electrons. The fourth-order valence-electron chi connectivity index (χ4n) is 3.49. The van der Waals surface area contributed by atoms with E-state index >= 15 is 0 Å². The highest BCUT2D eigenvalue weighted by atomic mass is 16.5. The maximum atomic E-state index is 12.7. The molecule has 1 aliphatic heterocycles. The zero-order valence-electron chi connectivity index (χ0n) is 16.7. The van der Waals surface area contributed by atoms with E-state index < -0.39 is 0 Å². The van der Waals surface area contributed by atoms with E-state index in [9.17, 15) is 4.79 Å². The lowest BCUT2D eigenvalue weighted by Crippen LogP contribution is -2.30. The lowest BCUT2D eigenvalue weighted by atomic mass is 10.1. The number of carbonyl (C=O) groups is 1. The standard InChI is InChI=1S/C22H25N5O2/c1-15-3-7-19(8-4-15)29-20-9-5-17(6-10-20)24-22(28)21-16(2)27(26-25-21)18-11-13-23-14-12-18/h3-10,18,23H,11-14H2,1-2H3,(H,24,28). The highest BCUT2D eigenvalue weighted by Gasteiger charge is 2.22. The Bertz CT molecular complexity index is 973. The Kier molecular flexibility index (Phi) is 5.57. The molecule has 1 aromatic heterocycles. The molecule has 7 heteroatoms. The molecular weight excluding hydrogens is 366 g/mol. The van der Waals surface area contributed by atoms with Gasteiger partial charge in [-0.1, -0.05) is 22.9 Å². The fourth-order valence-corrected chi connectivity index (χ4v) is 3.49. The van der Waals surface area contributed by atoms with Crippen LogP contribution in [0.5, 0.6) is 11.5 Å². The van der Waals surface area contributed by atoms with Crippen LogP contribution >= 0.6 is 0 Å². The second-order valence-corrected chi connectivity index (χ2v) is 7.34. The Hall–Kier alpha value is -3.19. The van der Waals surface area contributed by atoms with E-state index in [4.69, 9.17) is 4.74 Å². The fraction of sp³-hybridized carbons (Fsp3) is 0.318. The minimum Gasteiger partial charge on any atom is -0.457 e. The normalized spacial score (nSPS) is 14.6. The van der Waals surface area contributed by atoms with Crippen LogP contribution in [-0.2, 0) is 0 Å². The number of benzene rings is 2. The van der Waals surface area contributed by atoms with Crippen molar-refractivity contribution in [2.45, 2.75) is 32.7 Å². The number of hydrogen-bond donors (Lipinski definition) is 2. The van der Waals surface area contributed by atoms with Gasteiger partial charge in [0.25, 0.3) is 5.91 Å². The number of amides is 1. The van der Waals surface area contributed by atoms with Crippen molar-refractivity contribution < 1.29 is 9.53 Å². The molecule has 0 bridgehead atoms. The smallest absolute Gasteiger partial charge is 0.278 e. The summed E-state index contributed by atoms with van der Waals surface area (Å²) in [6, 6.07) is 15.4. The number of aryl methyl sites for hydroxylation is 1. The summed E-state index contributed by atoms with van der Waals surface area (Å²) >= 11 is 0. The summed E-state index contributed by atoms with van der Waals surface area (Å²) in [7, 11) is 0. The Morgan fingerprint density at radius 1 is 1.03 bits per heavy atom. The van der Waals surface area contributed by atoms with Crippen LogP contribution in [0.3, 0.4) is 0 Å². The molecule has 2 N–H and O–H groups in total. The van der Waals surface area contributed by atoms with Crippen LogP contribution in [0.4, 0.5) is 5.69 Å². The molecule has 4 rings (SSSR count). The quantitative estimate of drug-likeness (QED) is 0.690. The average Bonchev–Trinajstić information content (AvgIpc) is 3.13. The molecule has 2 heterocycles. The number of anilines is 1. The van der Waals surface area contributed by atoms with Crippen LogP contribution < -0.4 is 15.4 Å². The molecule has 1 aliphatic rings. The molecule has 0 unspecified atom stereocenters. The van der Waals surface area contributed by atoms with E-state index in [0.29, 0.717) is 23.2 Å². The van der Waals surface area contributed by atoms with Gasteiger partial charge in [0.05, 0.1) is 11.7 Å². The Labute approximate surface area is 170 Å². The highest BCUT2D eigenvalue weighted by molar-refractivity contribution is 6.03. The molecule has 1 amide bonds. The summed E-state index contributed by atoms with van der Waals surface area (Å²) in [6.45, 7) is 5.86. The van der Waals surface area contributed by atoms with Crippen LogP contribution in [0.15, 0.2) is 48.5 Å². The van der Waals surface area contributed by atoms with Crippen molar-refractivity contribution in [2.75, 3.05) is 18.4 Å². The molecule has 29 heavy (non-hydrogen) atoms. The average molecular weight is 391 g/mol. The SMILES string of the molecule is Cc1ccc(Oc2ccc(NC(=O)c3nnn(C4CCNCC4)c3C)cc2)cc1. The van der Waals surface area contributed by atoms with Crippen molar-refractivity contribution in [3.05, 3.63) is 65.5 Å². The van der Waals surface area contributed by atoms with Gasteiger partial charge in [-0.15, -0.1) is 5.10 Å². The number of nitrogens with one attached hydrogen (secondary N) is 2. The Morgan fingerprint density at radius 2 is 1.66 bits per heavy atom. The molecule has 3 aromatic rings. The number of piperidine rings is 1. The zero-order valence-corrected chi connectivity index (χ0v) is 16.7. The first kappa shape index (κ1) is 19.1. The number of hydrogen-bond acceptors (Lipinski definition) is 5. The minimum atomic E-state index is -0.255. The van der Waals surface area contributed by atoms with Crippen molar-refractivity contribution in [3.8, 4) is 11.5 Å². The Morgan fingerprint density at radius 3 is 2.31 bits per heavy atom. The molecule has 0 saturated carbocycles. The number of ether oxygens (including phenoxy) is 1. The number of carbonyl (C=O) groups excluding carboxylic acids is 1. The monoisotopic (exact) mass is 391 g/mol. The van der Waals surface area contributed by atoms with Crippen molar-refractivity contribution in [2.24, 2.45) is 0 Å². The van der Waals surface area contributed by atoms with Crippen molar-refractivity contribution in [1.29, 1.82) is 0 Å². The van der Waals surface area contributed by atoms with E-state index in [1.54, 1.807) is 0 Å². The zero-order chi connectivity index (χ0) is 20.2. The van der Waals surface area contributed by atoms with Crippen LogP contribution in [0.1, 0.15) is 40.6 Å². The first-order chi connectivity index (χ1) is 14.1. The van der Waals surface area contributed by atoms with E-state index in [0.717, 1.165) is 37.4 Å². The van der Waals surface area contributed by atoms with Gasteiger partial charge in [0.1, 0.15) is 11.5 Å². The van der Waals surface area contributed by atoms with E-state index in [2.05, 4.69) is 20.9 Å². The Balaban J connectivity index is 1.40. The van der Waals surface area contributed by atoms with Crippen LogP contribution in [0, 0.1) is 13.8 Å². The lowest BCUT2D eigenvalue weighted by Gasteiger charge is -2.23. The first-order valence-corrected chi connectivity index (χ1v) is 9.88.